The minimum absolute atomic E-state index is 0.00910. The summed E-state index contributed by atoms with van der Waals surface area (Å²) in [5, 5.41) is 9.78. The number of aliphatic hydroxyl groups excluding tert-OH is 1. The monoisotopic (exact) mass is 263 g/mol. The van der Waals surface area contributed by atoms with Crippen molar-refractivity contribution in [1.82, 2.24) is 4.90 Å². The van der Waals surface area contributed by atoms with Crippen LogP contribution in [0.4, 0.5) is 0 Å². The van der Waals surface area contributed by atoms with Crippen molar-refractivity contribution in [3.8, 4) is 0 Å². The molecule has 0 aliphatic rings. The molecule has 104 valence electrons. The summed E-state index contributed by atoms with van der Waals surface area (Å²) >= 11 is 0. The molecule has 0 saturated carbocycles. The van der Waals surface area contributed by atoms with E-state index in [-0.39, 0.29) is 6.61 Å². The van der Waals surface area contributed by atoms with E-state index in [1.165, 1.54) is 5.56 Å². The number of likely N-dealkylation sites (N-methyl/N-ethyl adjacent to an activating group) is 1. The van der Waals surface area contributed by atoms with E-state index in [0.29, 0.717) is 12.1 Å². The van der Waals surface area contributed by atoms with E-state index in [0.717, 1.165) is 6.54 Å². The first-order chi connectivity index (χ1) is 8.99. The Morgan fingerprint density at radius 2 is 2.05 bits per heavy atom. The zero-order valence-electron chi connectivity index (χ0n) is 11.5. The third-order valence-corrected chi connectivity index (χ3v) is 2.57. The van der Waals surface area contributed by atoms with E-state index < -0.39 is 12.1 Å². The summed E-state index contributed by atoms with van der Waals surface area (Å²) < 4.78 is 4.90. The molecule has 1 rings (SSSR count). The molecule has 0 amide bonds. The maximum absolute atomic E-state index is 11.2. The largest absolute Gasteiger partial charge is 0.460 e. The molecular weight excluding hydrogens is 242 g/mol. The number of hydrogen-bond donors (Lipinski definition) is 1. The highest BCUT2D eigenvalue weighted by Crippen LogP contribution is 2.03. The Kier molecular flexibility index (Phi) is 6.25. The smallest absolute Gasteiger partial charge is 0.333 e. The summed E-state index contributed by atoms with van der Waals surface area (Å²) in [4.78, 5) is 13.2. The van der Waals surface area contributed by atoms with Crippen LogP contribution in [0.5, 0.6) is 0 Å². The number of esters is 1. The highest BCUT2D eigenvalue weighted by atomic mass is 16.5. The molecule has 0 saturated heterocycles. The summed E-state index contributed by atoms with van der Waals surface area (Å²) in [6, 6.07) is 9.99. The van der Waals surface area contributed by atoms with E-state index in [1.807, 2.05) is 42.3 Å². The number of carbonyl (C=O) groups excluding carboxylic acids is 1. The van der Waals surface area contributed by atoms with Crippen molar-refractivity contribution >= 4 is 5.97 Å². The molecular formula is C15H21NO3. The van der Waals surface area contributed by atoms with Crippen LogP contribution in [0.25, 0.3) is 0 Å². The molecule has 0 aliphatic heterocycles. The van der Waals surface area contributed by atoms with E-state index in [4.69, 9.17) is 4.74 Å². The molecule has 0 heterocycles. The molecule has 4 heteroatoms. The molecule has 4 nitrogen and oxygen atoms in total. The van der Waals surface area contributed by atoms with Crippen LogP contribution in [-0.2, 0) is 16.1 Å². The van der Waals surface area contributed by atoms with Crippen LogP contribution < -0.4 is 0 Å². The Hall–Kier alpha value is -1.65. The van der Waals surface area contributed by atoms with Gasteiger partial charge in [0.2, 0.25) is 0 Å². The average molecular weight is 263 g/mol. The second kappa shape index (κ2) is 7.71. The Balaban J connectivity index is 2.30. The number of carbonyl (C=O) groups is 1. The fourth-order valence-corrected chi connectivity index (χ4v) is 1.67. The summed E-state index contributed by atoms with van der Waals surface area (Å²) in [6.45, 7) is 6.24. The lowest BCUT2D eigenvalue weighted by Gasteiger charge is -2.20. The summed E-state index contributed by atoms with van der Waals surface area (Å²) in [5.74, 6) is -0.468. The predicted molar refractivity (Wildman–Crippen MR) is 74.6 cm³/mol. The molecule has 1 aromatic carbocycles. The van der Waals surface area contributed by atoms with Gasteiger partial charge in [-0.1, -0.05) is 36.9 Å². The van der Waals surface area contributed by atoms with Crippen LogP contribution in [0.2, 0.25) is 0 Å². The number of aliphatic hydroxyl groups is 1. The average Bonchev–Trinajstić information content (AvgIpc) is 2.36. The fourth-order valence-electron chi connectivity index (χ4n) is 1.67. The third-order valence-electron chi connectivity index (χ3n) is 2.57. The van der Waals surface area contributed by atoms with Gasteiger partial charge < -0.3 is 9.84 Å². The standard InChI is InChI=1S/C15H21NO3/c1-12(2)15(18)19-11-14(17)10-16(3)9-13-7-5-4-6-8-13/h4-8,14,17H,1,9-11H2,2-3H3. The van der Waals surface area contributed by atoms with E-state index >= 15 is 0 Å². The quantitative estimate of drug-likeness (QED) is 0.599. The summed E-state index contributed by atoms with van der Waals surface area (Å²) in [5.41, 5.74) is 1.51. The lowest BCUT2D eigenvalue weighted by Crippen LogP contribution is -2.32. The Morgan fingerprint density at radius 1 is 1.42 bits per heavy atom. The minimum Gasteiger partial charge on any atom is -0.460 e. The molecule has 1 N–H and O–H groups in total. The number of ether oxygens (including phenoxy) is 1. The lowest BCUT2D eigenvalue weighted by molar-refractivity contribution is -0.142. The van der Waals surface area contributed by atoms with Gasteiger partial charge >= 0.3 is 5.97 Å². The molecule has 1 atom stereocenters. The van der Waals surface area contributed by atoms with Crippen molar-refractivity contribution in [3.05, 3.63) is 48.0 Å². The van der Waals surface area contributed by atoms with Crippen molar-refractivity contribution in [1.29, 1.82) is 0 Å². The topological polar surface area (TPSA) is 49.8 Å². The SMILES string of the molecule is C=C(C)C(=O)OCC(O)CN(C)Cc1ccccc1. The first kappa shape index (κ1) is 15.4. The molecule has 0 spiro atoms. The van der Waals surface area contributed by atoms with Crippen LogP contribution >= 0.6 is 0 Å². The van der Waals surface area contributed by atoms with Gasteiger partial charge in [0.25, 0.3) is 0 Å². The Bertz CT molecular complexity index is 417. The Labute approximate surface area is 114 Å². The van der Waals surface area contributed by atoms with E-state index in [2.05, 4.69) is 6.58 Å². The van der Waals surface area contributed by atoms with Crippen molar-refractivity contribution in [3.63, 3.8) is 0 Å². The number of rotatable bonds is 7. The van der Waals surface area contributed by atoms with Gasteiger partial charge in [0, 0.05) is 18.7 Å². The normalized spacial score (nSPS) is 12.2. The first-order valence-electron chi connectivity index (χ1n) is 6.22. The van der Waals surface area contributed by atoms with E-state index in [1.54, 1.807) is 6.92 Å². The zero-order valence-corrected chi connectivity index (χ0v) is 11.5. The number of nitrogens with zero attached hydrogens (tertiary/aromatic N) is 1. The van der Waals surface area contributed by atoms with Gasteiger partial charge in [0.05, 0.1) is 0 Å². The summed E-state index contributed by atoms with van der Waals surface area (Å²) in [6.07, 6.45) is -0.697. The predicted octanol–water partition coefficient (Wildman–Crippen LogP) is 1.60. The second-order valence-corrected chi connectivity index (χ2v) is 4.71. The first-order valence-corrected chi connectivity index (χ1v) is 6.22. The van der Waals surface area contributed by atoms with Crippen molar-refractivity contribution in [2.24, 2.45) is 0 Å². The van der Waals surface area contributed by atoms with Crippen LogP contribution in [0.1, 0.15) is 12.5 Å². The van der Waals surface area contributed by atoms with Gasteiger partial charge in [-0.25, -0.2) is 4.79 Å². The molecule has 0 radical (unpaired) electrons. The van der Waals surface area contributed by atoms with Gasteiger partial charge in [0.1, 0.15) is 12.7 Å². The van der Waals surface area contributed by atoms with Crippen molar-refractivity contribution in [2.45, 2.75) is 19.6 Å². The Morgan fingerprint density at radius 3 is 2.63 bits per heavy atom. The maximum atomic E-state index is 11.2. The highest BCUT2D eigenvalue weighted by molar-refractivity contribution is 5.86. The number of hydrogen-bond acceptors (Lipinski definition) is 4. The van der Waals surface area contributed by atoms with Crippen molar-refractivity contribution < 1.29 is 14.6 Å². The molecule has 1 unspecified atom stereocenters. The molecule has 0 bridgehead atoms. The molecule has 0 fully saturated rings. The van der Waals surface area contributed by atoms with Gasteiger partial charge in [0.15, 0.2) is 0 Å². The van der Waals surface area contributed by atoms with Gasteiger partial charge in [-0.05, 0) is 19.5 Å². The van der Waals surface area contributed by atoms with Crippen LogP contribution in [0, 0.1) is 0 Å². The third kappa shape index (κ3) is 6.18. The zero-order chi connectivity index (χ0) is 14.3. The van der Waals surface area contributed by atoms with Crippen LogP contribution in [-0.4, -0.2) is 42.3 Å². The minimum atomic E-state index is -0.697. The van der Waals surface area contributed by atoms with E-state index in [9.17, 15) is 9.90 Å². The highest BCUT2D eigenvalue weighted by Gasteiger charge is 2.12. The molecule has 1 aromatic rings. The number of benzene rings is 1. The van der Waals surface area contributed by atoms with Crippen molar-refractivity contribution in [2.75, 3.05) is 20.2 Å². The second-order valence-electron chi connectivity index (χ2n) is 4.71. The summed E-state index contributed by atoms with van der Waals surface area (Å²) in [7, 11) is 1.91. The van der Waals surface area contributed by atoms with Gasteiger partial charge in [-0.2, -0.15) is 0 Å². The van der Waals surface area contributed by atoms with Crippen LogP contribution in [0.3, 0.4) is 0 Å². The lowest BCUT2D eigenvalue weighted by atomic mass is 10.2. The molecule has 19 heavy (non-hydrogen) atoms. The fraction of sp³-hybridized carbons (Fsp3) is 0.400. The van der Waals surface area contributed by atoms with Gasteiger partial charge in [-0.15, -0.1) is 0 Å². The van der Waals surface area contributed by atoms with Gasteiger partial charge in [-0.3, -0.25) is 4.90 Å². The van der Waals surface area contributed by atoms with Crippen LogP contribution in [0.15, 0.2) is 42.5 Å². The molecule has 0 aliphatic carbocycles. The molecule has 0 aromatic heterocycles. The maximum Gasteiger partial charge on any atom is 0.333 e.